The standard InChI is InChI=1S/C10H6BrCl2FN2S/c11-6-1-7(12)9(2-8(6)14)15-3-5-4-16-10(13)17-5/h1-2,4,15H,3H2. The molecule has 2 rings (SSSR count). The minimum atomic E-state index is -0.362. The predicted octanol–water partition coefficient (Wildman–Crippen LogP) is 4.96. The van der Waals surface area contributed by atoms with E-state index in [0.717, 1.165) is 4.88 Å². The zero-order valence-corrected chi connectivity index (χ0v) is 12.2. The first-order valence-electron chi connectivity index (χ1n) is 4.55. The first-order valence-corrected chi connectivity index (χ1v) is 6.91. The molecular weight excluding hydrogens is 350 g/mol. The first-order chi connectivity index (χ1) is 8.06. The second-order valence-electron chi connectivity index (χ2n) is 3.18. The molecule has 0 radical (unpaired) electrons. The van der Waals surface area contributed by atoms with Crippen molar-refractivity contribution in [2.45, 2.75) is 6.54 Å². The van der Waals surface area contributed by atoms with Crippen LogP contribution in [0.2, 0.25) is 9.49 Å². The molecule has 0 fully saturated rings. The Morgan fingerprint density at radius 1 is 1.41 bits per heavy atom. The van der Waals surface area contributed by atoms with Gasteiger partial charge in [-0.1, -0.05) is 23.2 Å². The lowest BCUT2D eigenvalue weighted by atomic mass is 10.3. The van der Waals surface area contributed by atoms with Crippen molar-refractivity contribution in [2.75, 3.05) is 5.32 Å². The van der Waals surface area contributed by atoms with Gasteiger partial charge in [0.1, 0.15) is 5.82 Å². The average Bonchev–Trinajstić information content (AvgIpc) is 2.68. The van der Waals surface area contributed by atoms with E-state index in [9.17, 15) is 4.39 Å². The minimum absolute atomic E-state index is 0.342. The van der Waals surface area contributed by atoms with E-state index in [2.05, 4.69) is 26.2 Å². The molecule has 0 aliphatic rings. The number of nitrogens with zero attached hydrogens (tertiary/aromatic N) is 1. The molecule has 0 aliphatic heterocycles. The van der Waals surface area contributed by atoms with Crippen molar-refractivity contribution in [1.82, 2.24) is 4.98 Å². The summed E-state index contributed by atoms with van der Waals surface area (Å²) in [6.45, 7) is 0.505. The highest BCUT2D eigenvalue weighted by Gasteiger charge is 2.07. The molecule has 7 heteroatoms. The van der Waals surface area contributed by atoms with Gasteiger partial charge in [0.25, 0.3) is 0 Å². The van der Waals surface area contributed by atoms with E-state index in [-0.39, 0.29) is 5.82 Å². The Hall–Kier alpha value is -0.360. The van der Waals surface area contributed by atoms with Crippen LogP contribution < -0.4 is 5.32 Å². The molecule has 0 spiro atoms. The summed E-state index contributed by atoms with van der Waals surface area (Å²) in [5.74, 6) is -0.362. The highest BCUT2D eigenvalue weighted by molar-refractivity contribution is 9.10. The Morgan fingerprint density at radius 3 is 2.82 bits per heavy atom. The fourth-order valence-electron chi connectivity index (χ4n) is 1.21. The summed E-state index contributed by atoms with van der Waals surface area (Å²) in [4.78, 5) is 4.87. The van der Waals surface area contributed by atoms with Crippen LogP contribution in [-0.4, -0.2) is 4.98 Å². The highest BCUT2D eigenvalue weighted by atomic mass is 79.9. The van der Waals surface area contributed by atoms with Crippen LogP contribution in [0.15, 0.2) is 22.8 Å². The lowest BCUT2D eigenvalue weighted by molar-refractivity contribution is 0.621. The molecule has 0 bridgehead atoms. The van der Waals surface area contributed by atoms with E-state index in [1.165, 1.54) is 23.5 Å². The normalized spacial score (nSPS) is 10.6. The van der Waals surface area contributed by atoms with Crippen molar-refractivity contribution in [2.24, 2.45) is 0 Å². The minimum Gasteiger partial charge on any atom is -0.379 e. The van der Waals surface area contributed by atoms with Crippen molar-refractivity contribution in [3.8, 4) is 0 Å². The van der Waals surface area contributed by atoms with Crippen LogP contribution >= 0.6 is 50.5 Å². The third-order valence-corrected chi connectivity index (χ3v) is 4.02. The van der Waals surface area contributed by atoms with Gasteiger partial charge in [-0.2, -0.15) is 0 Å². The van der Waals surface area contributed by atoms with Crippen LogP contribution in [0.25, 0.3) is 0 Å². The van der Waals surface area contributed by atoms with Crippen molar-refractivity contribution in [3.63, 3.8) is 0 Å². The van der Waals surface area contributed by atoms with Crippen molar-refractivity contribution in [1.29, 1.82) is 0 Å². The zero-order chi connectivity index (χ0) is 12.4. The molecule has 0 saturated heterocycles. The van der Waals surface area contributed by atoms with Gasteiger partial charge in [-0.25, -0.2) is 9.37 Å². The molecule has 0 atom stereocenters. The van der Waals surface area contributed by atoms with Crippen LogP contribution in [0.1, 0.15) is 4.88 Å². The molecule has 90 valence electrons. The number of thiazole rings is 1. The lowest BCUT2D eigenvalue weighted by Gasteiger charge is -2.07. The van der Waals surface area contributed by atoms with Gasteiger partial charge < -0.3 is 5.32 Å². The van der Waals surface area contributed by atoms with Crippen molar-refractivity contribution in [3.05, 3.63) is 43.0 Å². The predicted molar refractivity (Wildman–Crippen MR) is 73.6 cm³/mol. The summed E-state index contributed by atoms with van der Waals surface area (Å²) in [6, 6.07) is 2.86. The SMILES string of the molecule is Fc1cc(NCc2cnc(Cl)s2)c(Cl)cc1Br. The molecule has 0 unspecified atom stereocenters. The Morgan fingerprint density at radius 2 is 2.18 bits per heavy atom. The number of hydrogen-bond acceptors (Lipinski definition) is 3. The third-order valence-electron chi connectivity index (χ3n) is 1.99. The van der Waals surface area contributed by atoms with Crippen LogP contribution in [0.5, 0.6) is 0 Å². The number of rotatable bonds is 3. The van der Waals surface area contributed by atoms with E-state index in [4.69, 9.17) is 23.2 Å². The van der Waals surface area contributed by atoms with Crippen LogP contribution in [-0.2, 0) is 6.54 Å². The van der Waals surface area contributed by atoms with E-state index >= 15 is 0 Å². The van der Waals surface area contributed by atoms with Gasteiger partial charge in [-0.05, 0) is 28.1 Å². The molecule has 1 aromatic carbocycles. The second-order valence-corrected chi connectivity index (χ2v) is 6.14. The van der Waals surface area contributed by atoms with Gasteiger partial charge in [0.15, 0.2) is 4.47 Å². The van der Waals surface area contributed by atoms with Gasteiger partial charge in [-0.3, -0.25) is 0 Å². The summed E-state index contributed by atoms with van der Waals surface area (Å²) in [7, 11) is 0. The molecule has 0 saturated carbocycles. The zero-order valence-electron chi connectivity index (χ0n) is 8.31. The molecule has 1 heterocycles. The quantitative estimate of drug-likeness (QED) is 0.786. The van der Waals surface area contributed by atoms with Gasteiger partial charge in [0, 0.05) is 11.1 Å². The molecule has 0 amide bonds. The molecular formula is C10H6BrCl2FN2S. The van der Waals surface area contributed by atoms with Gasteiger partial charge >= 0.3 is 0 Å². The molecule has 1 aromatic heterocycles. The Labute approximate surface area is 120 Å². The van der Waals surface area contributed by atoms with Crippen molar-refractivity contribution >= 4 is 56.2 Å². The molecule has 1 N–H and O–H groups in total. The van der Waals surface area contributed by atoms with Gasteiger partial charge in [0.05, 0.1) is 21.7 Å². The lowest BCUT2D eigenvalue weighted by Crippen LogP contribution is -1.99. The summed E-state index contributed by atoms with van der Waals surface area (Å²) >= 11 is 16.1. The topological polar surface area (TPSA) is 24.9 Å². The highest BCUT2D eigenvalue weighted by Crippen LogP contribution is 2.29. The number of halogens is 4. The molecule has 0 aliphatic carbocycles. The van der Waals surface area contributed by atoms with E-state index < -0.39 is 0 Å². The second kappa shape index (κ2) is 5.52. The van der Waals surface area contributed by atoms with Gasteiger partial charge in [-0.15, -0.1) is 11.3 Å². The maximum atomic E-state index is 13.3. The van der Waals surface area contributed by atoms with Crippen LogP contribution in [0, 0.1) is 5.82 Å². The summed E-state index contributed by atoms with van der Waals surface area (Å²) < 4.78 is 14.1. The number of aromatic nitrogens is 1. The Kier molecular flexibility index (Phi) is 4.25. The van der Waals surface area contributed by atoms with Crippen LogP contribution in [0.4, 0.5) is 10.1 Å². The average molecular weight is 356 g/mol. The molecule has 2 nitrogen and oxygen atoms in total. The summed E-state index contributed by atoms with van der Waals surface area (Å²) in [6.07, 6.45) is 1.67. The Bertz CT molecular complexity index is 547. The largest absolute Gasteiger partial charge is 0.379 e. The molecule has 17 heavy (non-hydrogen) atoms. The summed E-state index contributed by atoms with van der Waals surface area (Å²) in [5.41, 5.74) is 0.539. The number of hydrogen-bond donors (Lipinski definition) is 1. The third kappa shape index (κ3) is 3.31. The first kappa shape index (κ1) is 13.1. The van der Waals surface area contributed by atoms with E-state index in [0.29, 0.717) is 26.2 Å². The monoisotopic (exact) mass is 354 g/mol. The van der Waals surface area contributed by atoms with E-state index in [1.807, 2.05) is 0 Å². The van der Waals surface area contributed by atoms with Gasteiger partial charge in [0.2, 0.25) is 0 Å². The maximum Gasteiger partial charge on any atom is 0.183 e. The fraction of sp³-hybridized carbons (Fsp3) is 0.100. The van der Waals surface area contributed by atoms with Crippen molar-refractivity contribution < 1.29 is 4.39 Å². The summed E-state index contributed by atoms with van der Waals surface area (Å²) in [5, 5.41) is 3.48. The number of anilines is 1. The number of benzene rings is 1. The number of nitrogens with one attached hydrogen (secondary N) is 1. The van der Waals surface area contributed by atoms with E-state index in [1.54, 1.807) is 6.20 Å². The van der Waals surface area contributed by atoms with Crippen LogP contribution in [0.3, 0.4) is 0 Å². The maximum absolute atomic E-state index is 13.3. The smallest absolute Gasteiger partial charge is 0.183 e. The fourth-order valence-corrected chi connectivity index (χ4v) is 2.83. The Balaban J connectivity index is 2.11. The molecule has 2 aromatic rings.